The normalized spacial score (nSPS) is 14.2. The van der Waals surface area contributed by atoms with Gasteiger partial charge < -0.3 is 19.4 Å². The fourth-order valence-electron chi connectivity index (χ4n) is 9.62. The van der Waals surface area contributed by atoms with Crippen LogP contribution in [0.3, 0.4) is 0 Å². The van der Waals surface area contributed by atoms with Crippen LogP contribution in [0.1, 0.15) is 297 Å². The summed E-state index contributed by atoms with van der Waals surface area (Å²) in [7, 11) is 1.47. The topological polar surface area (TPSA) is 111 Å². The van der Waals surface area contributed by atoms with E-state index in [1.54, 1.807) is 0 Å². The van der Waals surface area contributed by atoms with Gasteiger partial charge >= 0.3 is 13.8 Å². The number of phosphoric ester groups is 1. The van der Waals surface area contributed by atoms with Gasteiger partial charge in [-0.05, 0) is 115 Å². The van der Waals surface area contributed by atoms with E-state index in [-0.39, 0.29) is 31.5 Å². The summed E-state index contributed by atoms with van der Waals surface area (Å²) in [6.45, 7) is 6.87. The quantitative estimate of drug-likeness (QED) is 0.0205. The first-order valence-corrected chi connectivity index (χ1v) is 36.2. The van der Waals surface area contributed by atoms with Crippen molar-refractivity contribution >= 4 is 19.7 Å². The first-order valence-electron chi connectivity index (χ1n) is 34.7. The highest BCUT2D eigenvalue weighted by Gasteiger charge is 2.30. The van der Waals surface area contributed by atoms with Crippen LogP contribution in [-0.4, -0.2) is 74.3 Å². The predicted molar refractivity (Wildman–Crippen MR) is 364 cm³/mol. The molecule has 0 aromatic carbocycles. The van der Waals surface area contributed by atoms with Crippen molar-refractivity contribution in [2.75, 3.05) is 40.9 Å². The highest BCUT2D eigenvalue weighted by molar-refractivity contribution is 7.47. The summed E-state index contributed by atoms with van der Waals surface area (Å²) >= 11 is 0. The van der Waals surface area contributed by atoms with Crippen LogP contribution >= 0.6 is 7.82 Å². The third kappa shape index (κ3) is 63.2. The number of nitrogens with one attached hydrogen (secondary N) is 1. The third-order valence-corrected chi connectivity index (χ3v) is 15.9. The van der Waals surface area contributed by atoms with E-state index in [1.165, 1.54) is 141 Å². The number of likely N-dealkylation sites (N-methyl/N-ethyl adjacent to an activating group) is 1. The Labute approximate surface area is 519 Å². The highest BCUT2D eigenvalue weighted by atomic mass is 31.2. The molecule has 3 unspecified atom stereocenters. The summed E-state index contributed by atoms with van der Waals surface area (Å²) in [5, 5.41) is 3.06. The largest absolute Gasteiger partial charge is 0.472 e. The van der Waals surface area contributed by atoms with E-state index in [4.69, 9.17) is 13.8 Å². The number of esters is 1. The molecule has 0 heterocycles. The molecule has 0 spiro atoms. The molecule has 0 aliphatic carbocycles. The summed E-state index contributed by atoms with van der Waals surface area (Å²) in [4.78, 5) is 37.9. The fraction of sp³-hybridized carbons (Fsp3) is 0.730. The van der Waals surface area contributed by atoms with Crippen molar-refractivity contribution in [2.24, 2.45) is 0 Å². The van der Waals surface area contributed by atoms with Crippen molar-refractivity contribution in [3.8, 4) is 0 Å². The molecule has 0 aliphatic heterocycles. The van der Waals surface area contributed by atoms with E-state index < -0.39 is 20.0 Å². The van der Waals surface area contributed by atoms with Gasteiger partial charge in [0.05, 0.1) is 33.8 Å². The SMILES string of the molecule is CC/C=C\C/C=C\C/C=C\C/C=C\C/C=C\CCCCCCCC(=O)OC(/C=C\CCCCCCCCCCCC)C(COP(=O)(O)OCC[N+](C)(C)C)NC(=O)CCCCCCCCCCCCCC/C=C\C/C=C\C/C=C\CCCCC. The lowest BCUT2D eigenvalue weighted by molar-refractivity contribution is -0.870. The molecule has 3 atom stereocenters. The highest BCUT2D eigenvalue weighted by Crippen LogP contribution is 2.43. The molecule has 1 amide bonds. The van der Waals surface area contributed by atoms with Crippen molar-refractivity contribution < 1.29 is 37.3 Å². The summed E-state index contributed by atoms with van der Waals surface area (Å²) in [6, 6.07) is -0.865. The maximum atomic E-state index is 13.6. The molecule has 484 valence electrons. The number of allylic oxidation sites excluding steroid dienone is 17. The summed E-state index contributed by atoms with van der Waals surface area (Å²) in [6.07, 6.45) is 86.6. The van der Waals surface area contributed by atoms with Gasteiger partial charge in [0.1, 0.15) is 19.3 Å². The number of carbonyl (C=O) groups is 2. The number of hydrogen-bond acceptors (Lipinski definition) is 6. The van der Waals surface area contributed by atoms with Crippen molar-refractivity contribution in [1.29, 1.82) is 0 Å². The summed E-state index contributed by atoms with van der Waals surface area (Å²) in [5.41, 5.74) is 0. The van der Waals surface area contributed by atoms with Crippen LogP contribution in [0, 0.1) is 0 Å². The Morgan fingerprint density at radius 1 is 0.429 bits per heavy atom. The number of unbranched alkanes of at least 4 members (excludes halogenated alkanes) is 30. The van der Waals surface area contributed by atoms with Gasteiger partial charge in [0.2, 0.25) is 5.91 Å². The average Bonchev–Trinajstić information content (AvgIpc) is 3.65. The van der Waals surface area contributed by atoms with E-state index >= 15 is 0 Å². The second kappa shape index (κ2) is 62.7. The fourth-order valence-corrected chi connectivity index (χ4v) is 10.4. The molecule has 84 heavy (non-hydrogen) atoms. The Kier molecular flexibility index (Phi) is 60.2. The zero-order valence-corrected chi connectivity index (χ0v) is 56.3. The number of hydrogen-bond donors (Lipinski definition) is 2. The van der Waals surface area contributed by atoms with E-state index in [2.05, 4.69) is 123 Å². The molecule has 9 nitrogen and oxygen atoms in total. The number of rotatable bonds is 62. The molecule has 0 saturated carbocycles. The van der Waals surface area contributed by atoms with E-state index in [0.29, 0.717) is 23.9 Å². The zero-order valence-electron chi connectivity index (χ0n) is 55.4. The smallest absolute Gasteiger partial charge is 0.456 e. The monoisotopic (exact) mass is 1190 g/mol. The zero-order chi connectivity index (χ0) is 61.4. The molecule has 0 saturated heterocycles. The van der Waals surface area contributed by atoms with Crippen molar-refractivity contribution in [2.45, 2.75) is 309 Å². The van der Waals surface area contributed by atoms with Gasteiger partial charge in [-0.3, -0.25) is 18.6 Å². The van der Waals surface area contributed by atoms with E-state index in [9.17, 15) is 19.0 Å². The van der Waals surface area contributed by atoms with Gasteiger partial charge in [-0.15, -0.1) is 0 Å². The Morgan fingerprint density at radius 3 is 1.17 bits per heavy atom. The maximum Gasteiger partial charge on any atom is 0.472 e. The molecule has 0 aromatic heterocycles. The van der Waals surface area contributed by atoms with Crippen molar-refractivity contribution in [1.82, 2.24) is 5.32 Å². The van der Waals surface area contributed by atoms with Crippen LogP contribution < -0.4 is 5.32 Å². The number of quaternary nitrogens is 1. The van der Waals surface area contributed by atoms with E-state index in [1.807, 2.05) is 33.3 Å². The van der Waals surface area contributed by atoms with E-state index in [0.717, 1.165) is 116 Å². The molecule has 0 radical (unpaired) electrons. The lowest BCUT2D eigenvalue weighted by atomic mass is 10.0. The number of carbonyl (C=O) groups excluding carboxylic acids is 2. The van der Waals surface area contributed by atoms with Crippen LogP contribution in [0.4, 0.5) is 0 Å². The molecule has 0 fully saturated rings. The molecular weight excluding hydrogens is 1060 g/mol. The van der Waals surface area contributed by atoms with Crippen LogP contribution in [0.5, 0.6) is 0 Å². The van der Waals surface area contributed by atoms with Gasteiger partial charge in [0, 0.05) is 12.8 Å². The second-order valence-electron chi connectivity index (χ2n) is 24.3. The molecular formula is C74H132N2O7P+. The summed E-state index contributed by atoms with van der Waals surface area (Å²) < 4.78 is 30.8. The lowest BCUT2D eigenvalue weighted by Crippen LogP contribution is -2.47. The molecule has 2 N–H and O–H groups in total. The van der Waals surface area contributed by atoms with Crippen LogP contribution in [-0.2, 0) is 27.9 Å². The van der Waals surface area contributed by atoms with Crippen LogP contribution in [0.2, 0.25) is 0 Å². The second-order valence-corrected chi connectivity index (χ2v) is 25.8. The Balaban J connectivity index is 5.14. The van der Waals surface area contributed by atoms with Gasteiger partial charge in [0.25, 0.3) is 0 Å². The molecule has 10 heteroatoms. The minimum Gasteiger partial charge on any atom is -0.456 e. The van der Waals surface area contributed by atoms with Gasteiger partial charge in [-0.25, -0.2) is 4.57 Å². The molecule has 0 aromatic rings. The third-order valence-electron chi connectivity index (χ3n) is 14.9. The standard InChI is InChI=1S/C74H131N2O7P/c1-7-10-13-16-19-22-25-28-30-32-34-36-37-38-39-41-42-44-46-48-51-54-57-60-63-66-73(77)75-71(70-82-84(79,80)81-69-68-76(4,5)6)72(65-62-59-56-53-50-27-24-21-18-15-12-9-3)83-74(78)67-64-61-58-55-52-49-47-45-43-40-35-33-31-29-26-23-20-17-14-11-8-2/h11,14,19-20,22-23,28-31,34-36,40,45,47,62,65,71-72H,7-10,12-13,15-18,21,24-27,32-33,37-39,41-44,46,48-61,63-64,66-70H2,1-6H3,(H-,75,77,79,80)/p+1/b14-11-,22-19-,23-20-,30-28-,31-29-,36-34-,40-35-,47-45-,65-62-. The maximum absolute atomic E-state index is 13.6. The van der Waals surface area contributed by atoms with Crippen LogP contribution in [0.25, 0.3) is 0 Å². The van der Waals surface area contributed by atoms with Crippen molar-refractivity contribution in [3.05, 3.63) is 109 Å². The lowest BCUT2D eigenvalue weighted by Gasteiger charge is -2.27. The Hall–Kier alpha value is -3.33. The molecule has 0 rings (SSSR count). The van der Waals surface area contributed by atoms with Gasteiger partial charge in [-0.2, -0.15) is 0 Å². The Morgan fingerprint density at radius 2 is 0.762 bits per heavy atom. The van der Waals surface area contributed by atoms with Gasteiger partial charge in [0.15, 0.2) is 0 Å². The first kappa shape index (κ1) is 80.7. The predicted octanol–water partition coefficient (Wildman–Crippen LogP) is 22.1. The molecule has 0 bridgehead atoms. The number of ether oxygens (including phenoxy) is 1. The minimum atomic E-state index is -4.47. The Bertz CT molecular complexity index is 1810. The molecule has 0 aliphatic rings. The number of phosphoric acid groups is 1. The van der Waals surface area contributed by atoms with Gasteiger partial charge in [-0.1, -0.05) is 278 Å². The number of amides is 1. The average molecular weight is 1190 g/mol. The van der Waals surface area contributed by atoms with Crippen molar-refractivity contribution in [3.63, 3.8) is 0 Å². The first-order chi connectivity index (χ1) is 40.9. The number of nitrogens with zero attached hydrogens (tertiary/aromatic N) is 1. The summed E-state index contributed by atoms with van der Waals surface area (Å²) in [5.74, 6) is -0.529. The minimum absolute atomic E-state index is 0.0318. The van der Waals surface area contributed by atoms with Crippen LogP contribution in [0.15, 0.2) is 109 Å².